The van der Waals surface area contributed by atoms with Crippen molar-refractivity contribution in [3.63, 3.8) is 0 Å². The predicted molar refractivity (Wildman–Crippen MR) is 64.8 cm³/mol. The van der Waals surface area contributed by atoms with Crippen LogP contribution in [0.3, 0.4) is 0 Å². The van der Waals surface area contributed by atoms with Crippen LogP contribution >= 0.6 is 11.5 Å². The van der Waals surface area contributed by atoms with E-state index in [9.17, 15) is 4.79 Å². The molecule has 0 unspecified atom stereocenters. The Hall–Kier alpha value is -2.22. The Bertz CT molecular complexity index is 500. The van der Waals surface area contributed by atoms with Gasteiger partial charge in [0, 0.05) is 11.5 Å². The van der Waals surface area contributed by atoms with Crippen molar-refractivity contribution in [2.75, 3.05) is 19.0 Å². The fourth-order valence-electron chi connectivity index (χ4n) is 1.16. The maximum Gasteiger partial charge on any atom is 0.264 e. The molecule has 1 aromatic carbocycles. The average Bonchev–Trinajstić information content (AvgIpc) is 2.90. The van der Waals surface area contributed by atoms with E-state index in [0.29, 0.717) is 10.9 Å². The summed E-state index contributed by atoms with van der Waals surface area (Å²) in [5.74, 6) is 0.998. The van der Waals surface area contributed by atoms with Gasteiger partial charge in [-0.25, -0.2) is 0 Å². The lowest BCUT2D eigenvalue weighted by atomic mass is 10.3. The highest BCUT2D eigenvalue weighted by Crippen LogP contribution is 2.16. The summed E-state index contributed by atoms with van der Waals surface area (Å²) in [6, 6.07) is 6.95. The number of hydrogen-bond acceptors (Lipinski definition) is 7. The van der Waals surface area contributed by atoms with Crippen molar-refractivity contribution in [1.82, 2.24) is 14.8 Å². The Labute approximate surface area is 107 Å². The lowest BCUT2D eigenvalue weighted by Gasteiger charge is -2.06. The van der Waals surface area contributed by atoms with E-state index in [2.05, 4.69) is 20.1 Å². The molecule has 0 aliphatic heterocycles. The van der Waals surface area contributed by atoms with Crippen LogP contribution in [0.25, 0.3) is 0 Å². The second-order valence-corrected chi connectivity index (χ2v) is 3.91. The molecule has 0 fully saturated rings. The first-order valence-corrected chi connectivity index (χ1v) is 5.77. The number of benzene rings is 1. The first-order chi connectivity index (χ1) is 8.78. The number of nitrogens with one attached hydrogen (secondary N) is 1. The fraction of sp³-hybridized carbons (Fsp3) is 0.200. The summed E-state index contributed by atoms with van der Waals surface area (Å²) in [4.78, 5) is 11.5. The highest BCUT2D eigenvalue weighted by Gasteiger charge is 2.06. The molecule has 7 nitrogen and oxygen atoms in total. The molecule has 94 valence electrons. The van der Waals surface area contributed by atoms with E-state index < -0.39 is 0 Å². The van der Waals surface area contributed by atoms with Crippen LogP contribution in [-0.2, 0) is 4.79 Å². The van der Waals surface area contributed by atoms with Crippen molar-refractivity contribution in [2.45, 2.75) is 0 Å². The molecule has 2 rings (SSSR count). The van der Waals surface area contributed by atoms with Crippen molar-refractivity contribution in [3.8, 4) is 11.5 Å². The number of methoxy groups -OCH3 is 1. The van der Waals surface area contributed by atoms with Crippen molar-refractivity contribution in [2.24, 2.45) is 0 Å². The van der Waals surface area contributed by atoms with E-state index in [1.165, 1.54) is 0 Å². The molecule has 0 saturated carbocycles. The van der Waals surface area contributed by atoms with Crippen LogP contribution in [0.15, 0.2) is 24.3 Å². The summed E-state index contributed by atoms with van der Waals surface area (Å²) >= 11 is 1.00. The molecule has 0 radical (unpaired) electrons. The Kier molecular flexibility index (Phi) is 4.02. The third-order valence-corrected chi connectivity index (χ3v) is 2.49. The minimum atomic E-state index is -0.315. The zero-order valence-electron chi connectivity index (χ0n) is 9.49. The minimum absolute atomic E-state index is 0.105. The van der Waals surface area contributed by atoms with Gasteiger partial charge in [-0.1, -0.05) is 9.59 Å². The molecule has 0 aliphatic rings. The van der Waals surface area contributed by atoms with Gasteiger partial charge in [-0.15, -0.1) is 0 Å². The molecule has 2 aromatic rings. The van der Waals surface area contributed by atoms with Gasteiger partial charge >= 0.3 is 0 Å². The molecule has 1 N–H and O–H groups in total. The zero-order chi connectivity index (χ0) is 12.8. The van der Waals surface area contributed by atoms with Crippen molar-refractivity contribution < 1.29 is 14.3 Å². The fourth-order valence-corrected chi connectivity index (χ4v) is 1.54. The van der Waals surface area contributed by atoms with E-state index >= 15 is 0 Å². The molecular formula is C10H10N4O3S. The van der Waals surface area contributed by atoms with Gasteiger partial charge in [-0.3, -0.25) is 10.1 Å². The van der Waals surface area contributed by atoms with Gasteiger partial charge in [-0.2, -0.15) is 0 Å². The summed E-state index contributed by atoms with van der Waals surface area (Å²) in [5.41, 5.74) is 0. The van der Waals surface area contributed by atoms with Crippen LogP contribution in [0.2, 0.25) is 0 Å². The quantitative estimate of drug-likeness (QED) is 0.867. The summed E-state index contributed by atoms with van der Waals surface area (Å²) < 4.78 is 13.8. The molecule has 0 saturated heterocycles. The van der Waals surface area contributed by atoms with E-state index in [4.69, 9.17) is 9.47 Å². The third-order valence-electron chi connectivity index (χ3n) is 1.98. The van der Waals surface area contributed by atoms with Crippen LogP contribution in [-0.4, -0.2) is 34.4 Å². The highest BCUT2D eigenvalue weighted by atomic mass is 32.1. The molecule has 0 spiro atoms. The van der Waals surface area contributed by atoms with Crippen molar-refractivity contribution in [1.29, 1.82) is 0 Å². The van der Waals surface area contributed by atoms with E-state index in [0.717, 1.165) is 17.3 Å². The molecule has 0 atom stereocenters. The van der Waals surface area contributed by atoms with Gasteiger partial charge in [0.05, 0.1) is 7.11 Å². The van der Waals surface area contributed by atoms with Crippen molar-refractivity contribution in [3.05, 3.63) is 24.3 Å². The lowest BCUT2D eigenvalue weighted by molar-refractivity contribution is -0.118. The molecule has 0 bridgehead atoms. The number of aromatic nitrogens is 3. The largest absolute Gasteiger partial charge is 0.497 e. The lowest BCUT2D eigenvalue weighted by Crippen LogP contribution is -2.20. The number of ether oxygens (including phenoxy) is 2. The number of nitrogens with zero attached hydrogens (tertiary/aromatic N) is 3. The Balaban J connectivity index is 1.81. The predicted octanol–water partition coefficient (Wildman–Crippen LogP) is 0.959. The number of carbonyl (C=O) groups is 1. The van der Waals surface area contributed by atoms with Gasteiger partial charge < -0.3 is 9.47 Å². The standard InChI is InChI=1S/C10H10N4O3S/c1-16-7-2-4-8(5-3-7)17-6-9(15)11-10-12-13-14-18-10/h2-5H,6H2,1H3,(H,11,12,14,15). The van der Waals surface area contributed by atoms with Crippen LogP contribution < -0.4 is 14.8 Å². The van der Waals surface area contributed by atoms with Crippen LogP contribution in [0.4, 0.5) is 5.13 Å². The van der Waals surface area contributed by atoms with Gasteiger partial charge in [0.25, 0.3) is 5.91 Å². The molecule has 1 aromatic heterocycles. The second-order valence-electron chi connectivity index (χ2n) is 3.18. The SMILES string of the molecule is COc1ccc(OCC(=O)Nc2nnns2)cc1. The first-order valence-electron chi connectivity index (χ1n) is 4.99. The monoisotopic (exact) mass is 266 g/mol. The van der Waals surface area contributed by atoms with Gasteiger partial charge in [0.2, 0.25) is 5.13 Å². The smallest absolute Gasteiger partial charge is 0.264 e. The molecule has 1 heterocycles. The number of rotatable bonds is 5. The number of hydrogen-bond donors (Lipinski definition) is 1. The third kappa shape index (κ3) is 3.39. The maximum atomic E-state index is 11.5. The number of anilines is 1. The average molecular weight is 266 g/mol. The highest BCUT2D eigenvalue weighted by molar-refractivity contribution is 7.09. The maximum absolute atomic E-state index is 11.5. The summed E-state index contributed by atoms with van der Waals surface area (Å²) in [6.07, 6.45) is 0. The topological polar surface area (TPSA) is 86.2 Å². The van der Waals surface area contributed by atoms with Crippen LogP contribution in [0.1, 0.15) is 0 Å². The van der Waals surface area contributed by atoms with E-state index in [1.807, 2.05) is 0 Å². The summed E-state index contributed by atoms with van der Waals surface area (Å²) in [5, 5.41) is 9.80. The van der Waals surface area contributed by atoms with Crippen LogP contribution in [0.5, 0.6) is 11.5 Å². The first kappa shape index (κ1) is 12.2. The molecule has 8 heteroatoms. The molecular weight excluding hydrogens is 256 g/mol. The molecule has 18 heavy (non-hydrogen) atoms. The second kappa shape index (κ2) is 5.92. The molecule has 0 aliphatic carbocycles. The number of carbonyl (C=O) groups excluding carboxylic acids is 1. The summed E-state index contributed by atoms with van der Waals surface area (Å²) in [7, 11) is 1.58. The normalized spacial score (nSPS) is 9.83. The van der Waals surface area contributed by atoms with E-state index in [1.54, 1.807) is 31.4 Å². The van der Waals surface area contributed by atoms with E-state index in [-0.39, 0.29) is 12.5 Å². The van der Waals surface area contributed by atoms with Crippen LogP contribution in [0, 0.1) is 0 Å². The van der Waals surface area contributed by atoms with Gasteiger partial charge in [0.15, 0.2) is 6.61 Å². The Morgan fingerprint density at radius 1 is 1.33 bits per heavy atom. The molecule has 1 amide bonds. The van der Waals surface area contributed by atoms with Gasteiger partial charge in [-0.05, 0) is 29.5 Å². The Morgan fingerprint density at radius 2 is 2.06 bits per heavy atom. The summed E-state index contributed by atoms with van der Waals surface area (Å²) in [6.45, 7) is -0.105. The Morgan fingerprint density at radius 3 is 2.67 bits per heavy atom. The van der Waals surface area contributed by atoms with Crippen molar-refractivity contribution >= 4 is 22.6 Å². The van der Waals surface area contributed by atoms with Gasteiger partial charge in [0.1, 0.15) is 11.5 Å². The number of amides is 1. The minimum Gasteiger partial charge on any atom is -0.497 e. The zero-order valence-corrected chi connectivity index (χ0v) is 10.3.